The number of carbonyl (C=O) groups excluding carboxylic acids is 1. The monoisotopic (exact) mass is 377 g/mol. The van der Waals surface area contributed by atoms with E-state index in [4.69, 9.17) is 17.3 Å². The van der Waals surface area contributed by atoms with Crippen molar-refractivity contribution in [3.8, 4) is 0 Å². The molecule has 1 amide bonds. The number of likely N-dealkylation sites (tertiary alicyclic amines) is 1. The molecule has 2 rings (SSSR count). The molecule has 0 bridgehead atoms. The first-order chi connectivity index (χ1) is 10.5. The smallest absolute Gasteiger partial charge is 0.237 e. The van der Waals surface area contributed by atoms with Crippen molar-refractivity contribution in [1.82, 2.24) is 10.2 Å². The van der Waals surface area contributed by atoms with Gasteiger partial charge >= 0.3 is 0 Å². The molecule has 1 aliphatic rings. The molecule has 1 saturated heterocycles. The molecule has 7 heteroatoms. The van der Waals surface area contributed by atoms with E-state index < -0.39 is 6.04 Å². The summed E-state index contributed by atoms with van der Waals surface area (Å²) in [7, 11) is 2.08. The Balaban J connectivity index is 0.00000264. The van der Waals surface area contributed by atoms with Crippen molar-refractivity contribution in [3.63, 3.8) is 0 Å². The maximum Gasteiger partial charge on any atom is 0.237 e. The van der Waals surface area contributed by atoms with Crippen LogP contribution in [0.5, 0.6) is 0 Å². The van der Waals surface area contributed by atoms with Crippen molar-refractivity contribution in [3.05, 3.63) is 34.9 Å². The molecule has 1 aromatic carbocycles. The fourth-order valence-corrected chi connectivity index (χ4v) is 3.53. The normalized spacial score (nSPS) is 22.4. The summed E-state index contributed by atoms with van der Waals surface area (Å²) in [6, 6.07) is 7.69. The Morgan fingerprint density at radius 1 is 1.48 bits per heavy atom. The molecule has 0 spiro atoms. The highest BCUT2D eigenvalue weighted by Crippen LogP contribution is 2.31. The van der Waals surface area contributed by atoms with Crippen LogP contribution >= 0.6 is 35.8 Å². The number of thioether (sulfide) groups is 1. The van der Waals surface area contributed by atoms with Gasteiger partial charge in [-0.3, -0.25) is 9.69 Å². The summed E-state index contributed by atoms with van der Waals surface area (Å²) in [5, 5.41) is 3.86. The predicted molar refractivity (Wildman–Crippen MR) is 102 cm³/mol. The van der Waals surface area contributed by atoms with Gasteiger partial charge < -0.3 is 11.1 Å². The Morgan fingerprint density at radius 3 is 2.74 bits per heavy atom. The number of hydrogen-bond acceptors (Lipinski definition) is 4. The summed E-state index contributed by atoms with van der Waals surface area (Å²) < 4.78 is 0. The zero-order valence-corrected chi connectivity index (χ0v) is 15.9. The van der Waals surface area contributed by atoms with Crippen molar-refractivity contribution in [2.24, 2.45) is 5.73 Å². The van der Waals surface area contributed by atoms with Crippen LogP contribution in [-0.2, 0) is 4.79 Å². The van der Waals surface area contributed by atoms with Gasteiger partial charge in [-0.2, -0.15) is 11.8 Å². The van der Waals surface area contributed by atoms with E-state index in [1.165, 1.54) is 5.56 Å². The van der Waals surface area contributed by atoms with Gasteiger partial charge in [0.2, 0.25) is 5.91 Å². The van der Waals surface area contributed by atoms with Crippen LogP contribution in [0.3, 0.4) is 0 Å². The number of amides is 1. The fourth-order valence-electron chi connectivity index (χ4n) is 2.91. The van der Waals surface area contributed by atoms with Crippen LogP contribution in [0.25, 0.3) is 0 Å². The average Bonchev–Trinajstić information content (AvgIpc) is 2.86. The highest BCUT2D eigenvalue weighted by molar-refractivity contribution is 7.98. The van der Waals surface area contributed by atoms with Crippen LogP contribution in [0.1, 0.15) is 24.4 Å². The summed E-state index contributed by atoms with van der Waals surface area (Å²) in [6.45, 7) is 0.957. The topological polar surface area (TPSA) is 58.4 Å². The zero-order valence-electron chi connectivity index (χ0n) is 13.5. The van der Waals surface area contributed by atoms with Gasteiger partial charge in [-0.1, -0.05) is 23.7 Å². The molecule has 130 valence electrons. The number of rotatable bonds is 6. The van der Waals surface area contributed by atoms with E-state index in [2.05, 4.69) is 17.3 Å². The molecule has 0 saturated carbocycles. The summed E-state index contributed by atoms with van der Waals surface area (Å²) in [4.78, 5) is 14.5. The van der Waals surface area contributed by atoms with Crippen molar-refractivity contribution < 1.29 is 4.79 Å². The molecule has 1 aliphatic heterocycles. The molecule has 0 radical (unpaired) electrons. The maximum atomic E-state index is 12.3. The van der Waals surface area contributed by atoms with E-state index >= 15 is 0 Å². The van der Waals surface area contributed by atoms with E-state index in [1.54, 1.807) is 11.8 Å². The second kappa shape index (κ2) is 9.74. The van der Waals surface area contributed by atoms with Gasteiger partial charge in [0.1, 0.15) is 0 Å². The van der Waals surface area contributed by atoms with Crippen LogP contribution in [0.2, 0.25) is 5.02 Å². The Kier molecular flexibility index (Phi) is 8.72. The third kappa shape index (κ3) is 5.54. The Bertz CT molecular complexity index is 501. The lowest BCUT2D eigenvalue weighted by Crippen LogP contribution is -2.47. The number of hydrogen-bond donors (Lipinski definition) is 2. The molecule has 1 aromatic rings. The molecule has 3 unspecified atom stereocenters. The van der Waals surface area contributed by atoms with Crippen LogP contribution in [0.4, 0.5) is 0 Å². The Labute approximate surface area is 153 Å². The molecular formula is C16H25Cl2N3OS. The molecule has 1 fully saturated rings. The summed E-state index contributed by atoms with van der Waals surface area (Å²) >= 11 is 7.67. The van der Waals surface area contributed by atoms with Gasteiger partial charge in [0.05, 0.1) is 12.1 Å². The first-order valence-corrected chi connectivity index (χ1v) is 9.30. The number of nitrogens with zero attached hydrogens (tertiary/aromatic N) is 1. The lowest BCUT2D eigenvalue weighted by atomic mass is 10.00. The van der Waals surface area contributed by atoms with Crippen molar-refractivity contribution in [2.75, 3.05) is 25.6 Å². The van der Waals surface area contributed by atoms with Crippen molar-refractivity contribution >= 4 is 41.7 Å². The van der Waals surface area contributed by atoms with E-state index in [-0.39, 0.29) is 30.4 Å². The largest absolute Gasteiger partial charge is 0.350 e. The highest BCUT2D eigenvalue weighted by Gasteiger charge is 2.34. The lowest BCUT2D eigenvalue weighted by Gasteiger charge is -2.27. The first-order valence-electron chi connectivity index (χ1n) is 7.53. The second-order valence-corrected chi connectivity index (χ2v) is 7.19. The summed E-state index contributed by atoms with van der Waals surface area (Å²) in [5.41, 5.74) is 7.14. The van der Waals surface area contributed by atoms with Gasteiger partial charge in [-0.25, -0.2) is 0 Å². The van der Waals surface area contributed by atoms with Gasteiger partial charge in [-0.15, -0.1) is 12.4 Å². The third-order valence-electron chi connectivity index (χ3n) is 4.16. The number of nitrogens with two attached hydrogens (primary N) is 1. The van der Waals surface area contributed by atoms with E-state index in [0.717, 1.165) is 23.7 Å². The average molecular weight is 378 g/mol. The quantitative estimate of drug-likeness (QED) is 0.799. The van der Waals surface area contributed by atoms with Crippen LogP contribution in [-0.4, -0.2) is 48.5 Å². The number of benzene rings is 1. The maximum absolute atomic E-state index is 12.3. The summed E-state index contributed by atoms with van der Waals surface area (Å²) in [6.07, 6.45) is 3.67. The zero-order chi connectivity index (χ0) is 16.1. The van der Waals surface area contributed by atoms with E-state index in [0.29, 0.717) is 6.42 Å². The SMILES string of the molecule is CSCCC(N)C(=O)NC1CCN(C)C1c1ccc(Cl)cc1.Cl. The van der Waals surface area contributed by atoms with Crippen LogP contribution in [0.15, 0.2) is 24.3 Å². The molecular weight excluding hydrogens is 353 g/mol. The first kappa shape index (κ1) is 20.6. The minimum absolute atomic E-state index is 0. The number of likely N-dealkylation sites (N-methyl/N-ethyl adjacent to an activating group) is 1. The van der Waals surface area contributed by atoms with E-state index in [1.807, 2.05) is 30.5 Å². The minimum atomic E-state index is -0.427. The summed E-state index contributed by atoms with van der Waals surface area (Å²) in [5.74, 6) is 0.855. The van der Waals surface area contributed by atoms with Gasteiger partial charge in [-0.05, 0) is 49.6 Å². The Morgan fingerprint density at radius 2 is 2.13 bits per heavy atom. The van der Waals surface area contributed by atoms with Crippen LogP contribution in [0, 0.1) is 0 Å². The molecule has 3 N–H and O–H groups in total. The van der Waals surface area contributed by atoms with E-state index in [9.17, 15) is 4.79 Å². The molecule has 4 nitrogen and oxygen atoms in total. The number of carbonyl (C=O) groups is 1. The highest BCUT2D eigenvalue weighted by atomic mass is 35.5. The van der Waals surface area contributed by atoms with Crippen molar-refractivity contribution in [2.45, 2.75) is 31.0 Å². The third-order valence-corrected chi connectivity index (χ3v) is 5.05. The number of halogens is 2. The predicted octanol–water partition coefficient (Wildman–Crippen LogP) is 2.70. The molecule has 0 aliphatic carbocycles. The number of nitrogens with one attached hydrogen (secondary N) is 1. The molecule has 23 heavy (non-hydrogen) atoms. The van der Waals surface area contributed by atoms with Crippen molar-refractivity contribution in [1.29, 1.82) is 0 Å². The lowest BCUT2D eigenvalue weighted by molar-refractivity contribution is -0.123. The minimum Gasteiger partial charge on any atom is -0.350 e. The van der Waals surface area contributed by atoms with Gasteiger partial charge in [0.25, 0.3) is 0 Å². The standard InChI is InChI=1S/C16H24ClN3OS.ClH/c1-20-9-7-14(19-16(21)13(18)8-10-22-2)15(20)11-3-5-12(17)6-4-11;/h3-6,13-15H,7-10,18H2,1-2H3,(H,19,21);1H. The molecule has 3 atom stereocenters. The van der Waals surface area contributed by atoms with Gasteiger partial charge in [0.15, 0.2) is 0 Å². The van der Waals surface area contributed by atoms with Crippen LogP contribution < -0.4 is 11.1 Å². The van der Waals surface area contributed by atoms with Gasteiger partial charge in [0, 0.05) is 17.6 Å². The second-order valence-electron chi connectivity index (χ2n) is 5.77. The molecule has 0 aromatic heterocycles. The fraction of sp³-hybridized carbons (Fsp3) is 0.562. The Hall–Kier alpha value is -0.460. The molecule has 1 heterocycles.